The zero-order valence-electron chi connectivity index (χ0n) is 16.1. The first-order chi connectivity index (χ1) is 13.2. The van der Waals surface area contributed by atoms with Crippen molar-refractivity contribution >= 4 is 17.3 Å². The van der Waals surface area contributed by atoms with Crippen molar-refractivity contribution in [2.75, 3.05) is 18.0 Å². The van der Waals surface area contributed by atoms with E-state index in [4.69, 9.17) is 9.97 Å². The van der Waals surface area contributed by atoms with Crippen molar-refractivity contribution in [3.05, 3.63) is 47.8 Å². The molecule has 0 bridgehead atoms. The van der Waals surface area contributed by atoms with Crippen molar-refractivity contribution in [2.24, 2.45) is 0 Å². The van der Waals surface area contributed by atoms with Crippen molar-refractivity contribution in [1.29, 1.82) is 0 Å². The Bertz CT molecular complexity index is 895. The zero-order valence-corrected chi connectivity index (χ0v) is 16.9. The maximum absolute atomic E-state index is 4.83. The summed E-state index contributed by atoms with van der Waals surface area (Å²) in [5.41, 5.74) is 4.60. The second-order valence-corrected chi connectivity index (χ2v) is 8.17. The quantitative estimate of drug-likeness (QED) is 0.566. The van der Waals surface area contributed by atoms with Gasteiger partial charge in [0.25, 0.3) is 0 Å². The summed E-state index contributed by atoms with van der Waals surface area (Å²) in [5, 5.41) is 1.06. The lowest BCUT2D eigenvalue weighted by Crippen LogP contribution is -2.20. The molecule has 0 saturated carbocycles. The number of anilines is 1. The van der Waals surface area contributed by atoms with E-state index >= 15 is 0 Å². The molecule has 4 rings (SSSR count). The zero-order chi connectivity index (χ0) is 18.6. The van der Waals surface area contributed by atoms with Crippen LogP contribution in [0.3, 0.4) is 0 Å². The average Bonchev–Trinajstić information content (AvgIpc) is 3.37. The summed E-state index contributed by atoms with van der Waals surface area (Å²) in [6.45, 7) is 6.42. The van der Waals surface area contributed by atoms with Crippen molar-refractivity contribution in [3.8, 4) is 21.1 Å². The molecule has 0 N–H and O–H groups in total. The Kier molecular flexibility index (Phi) is 5.48. The normalized spacial score (nSPS) is 14.1. The van der Waals surface area contributed by atoms with Gasteiger partial charge in [0.15, 0.2) is 0 Å². The Morgan fingerprint density at radius 3 is 2.56 bits per heavy atom. The molecule has 0 aliphatic carbocycles. The summed E-state index contributed by atoms with van der Waals surface area (Å²) in [5.74, 6) is 0.847. The van der Waals surface area contributed by atoms with Crippen LogP contribution in [0.15, 0.2) is 36.5 Å². The minimum absolute atomic E-state index is 0.847. The first-order valence-corrected chi connectivity index (χ1v) is 10.7. The van der Waals surface area contributed by atoms with Crippen molar-refractivity contribution < 1.29 is 0 Å². The van der Waals surface area contributed by atoms with Gasteiger partial charge in [-0.1, -0.05) is 37.6 Å². The van der Waals surface area contributed by atoms with Crippen LogP contribution in [0.5, 0.6) is 0 Å². The predicted molar refractivity (Wildman–Crippen MR) is 113 cm³/mol. The number of benzene rings is 1. The molecule has 1 saturated heterocycles. The number of nitrogens with zero attached hydrogens (tertiary/aromatic N) is 4. The van der Waals surface area contributed by atoms with E-state index < -0.39 is 0 Å². The average molecular weight is 379 g/mol. The summed E-state index contributed by atoms with van der Waals surface area (Å²) in [4.78, 5) is 17.5. The lowest BCUT2D eigenvalue weighted by molar-refractivity contribution is 0.795. The lowest BCUT2D eigenvalue weighted by atomic mass is 10.1. The highest BCUT2D eigenvalue weighted by atomic mass is 32.1. The maximum Gasteiger partial charge on any atom is 0.225 e. The molecule has 27 heavy (non-hydrogen) atoms. The predicted octanol–water partition coefficient (Wildman–Crippen LogP) is 5.52. The molecule has 0 atom stereocenters. The van der Waals surface area contributed by atoms with Crippen LogP contribution in [0.4, 0.5) is 5.95 Å². The molecular formula is C22H26N4S. The summed E-state index contributed by atoms with van der Waals surface area (Å²) >= 11 is 1.72. The van der Waals surface area contributed by atoms with E-state index in [1.807, 2.05) is 12.3 Å². The van der Waals surface area contributed by atoms with Crippen LogP contribution in [-0.2, 0) is 6.42 Å². The Hall–Kier alpha value is -2.27. The van der Waals surface area contributed by atoms with Crippen LogP contribution in [0.1, 0.15) is 43.9 Å². The highest BCUT2D eigenvalue weighted by Gasteiger charge is 2.17. The lowest BCUT2D eigenvalue weighted by Gasteiger charge is -2.15. The van der Waals surface area contributed by atoms with Crippen molar-refractivity contribution in [2.45, 2.75) is 46.0 Å². The molecule has 1 aliphatic heterocycles. The van der Waals surface area contributed by atoms with Crippen LogP contribution in [-0.4, -0.2) is 28.0 Å². The fourth-order valence-corrected chi connectivity index (χ4v) is 4.54. The molecule has 3 aromatic rings. The first kappa shape index (κ1) is 18.1. The minimum atomic E-state index is 0.847. The van der Waals surface area contributed by atoms with E-state index in [0.717, 1.165) is 46.7 Å². The molecular weight excluding hydrogens is 352 g/mol. The van der Waals surface area contributed by atoms with Gasteiger partial charge in [0.2, 0.25) is 5.95 Å². The van der Waals surface area contributed by atoms with Gasteiger partial charge in [0.1, 0.15) is 5.01 Å². The number of hydrogen-bond donors (Lipinski definition) is 0. The number of unbranched alkanes of at least 4 members (excludes halogenated alkanes) is 1. The molecule has 4 nitrogen and oxygen atoms in total. The Morgan fingerprint density at radius 1 is 1.04 bits per heavy atom. The summed E-state index contributed by atoms with van der Waals surface area (Å²) in [6, 6.07) is 10.9. The summed E-state index contributed by atoms with van der Waals surface area (Å²) in [7, 11) is 0. The second-order valence-electron chi connectivity index (χ2n) is 7.17. The van der Waals surface area contributed by atoms with Gasteiger partial charge in [0.05, 0.1) is 16.3 Å². The van der Waals surface area contributed by atoms with Gasteiger partial charge in [0, 0.05) is 24.8 Å². The van der Waals surface area contributed by atoms with Gasteiger partial charge in [-0.25, -0.2) is 15.0 Å². The standard InChI is InChI=1S/C22H26N4S/c1-3-4-7-17-8-10-18(11-9-17)21-24-16(2)20(27-21)19-12-13-23-22(25-19)26-14-5-6-15-26/h8-13H,3-7,14-15H2,1-2H3. The van der Waals surface area contributed by atoms with E-state index in [0.29, 0.717) is 0 Å². The van der Waals surface area contributed by atoms with Gasteiger partial charge in [-0.2, -0.15) is 0 Å². The number of aryl methyl sites for hydroxylation is 2. The van der Waals surface area contributed by atoms with E-state index in [-0.39, 0.29) is 0 Å². The van der Waals surface area contributed by atoms with E-state index in [9.17, 15) is 0 Å². The molecule has 1 aromatic carbocycles. The van der Waals surface area contributed by atoms with Crippen molar-refractivity contribution in [1.82, 2.24) is 15.0 Å². The SMILES string of the molecule is CCCCc1ccc(-c2nc(C)c(-c3ccnc(N4CCCC4)n3)s2)cc1. The Labute approximate surface area is 165 Å². The fourth-order valence-electron chi connectivity index (χ4n) is 3.50. The third kappa shape index (κ3) is 4.03. The highest BCUT2D eigenvalue weighted by molar-refractivity contribution is 7.18. The van der Waals surface area contributed by atoms with Gasteiger partial charge < -0.3 is 4.90 Å². The third-order valence-electron chi connectivity index (χ3n) is 5.08. The molecule has 0 spiro atoms. The molecule has 5 heteroatoms. The molecule has 3 heterocycles. The van der Waals surface area contributed by atoms with E-state index in [1.54, 1.807) is 11.3 Å². The maximum atomic E-state index is 4.83. The second kappa shape index (κ2) is 8.17. The van der Waals surface area contributed by atoms with Gasteiger partial charge in [-0.15, -0.1) is 11.3 Å². The highest BCUT2D eigenvalue weighted by Crippen LogP contribution is 2.35. The van der Waals surface area contributed by atoms with Crippen LogP contribution in [0.25, 0.3) is 21.1 Å². The number of hydrogen-bond acceptors (Lipinski definition) is 5. The molecule has 140 valence electrons. The van der Waals surface area contributed by atoms with E-state index in [1.165, 1.54) is 36.8 Å². The van der Waals surface area contributed by atoms with Crippen LogP contribution in [0.2, 0.25) is 0 Å². The Balaban J connectivity index is 1.59. The number of rotatable bonds is 6. The molecule has 2 aromatic heterocycles. The topological polar surface area (TPSA) is 41.9 Å². The molecule has 1 aliphatic rings. The molecule has 1 fully saturated rings. The van der Waals surface area contributed by atoms with Crippen molar-refractivity contribution in [3.63, 3.8) is 0 Å². The summed E-state index contributed by atoms with van der Waals surface area (Å²) < 4.78 is 0. The van der Waals surface area contributed by atoms with Gasteiger partial charge >= 0.3 is 0 Å². The number of aromatic nitrogens is 3. The smallest absolute Gasteiger partial charge is 0.225 e. The van der Waals surface area contributed by atoms with Crippen LogP contribution in [0, 0.1) is 6.92 Å². The van der Waals surface area contributed by atoms with Gasteiger partial charge in [-0.3, -0.25) is 0 Å². The monoisotopic (exact) mass is 378 g/mol. The van der Waals surface area contributed by atoms with Gasteiger partial charge in [-0.05, 0) is 44.2 Å². The molecule has 0 amide bonds. The first-order valence-electron chi connectivity index (χ1n) is 9.89. The van der Waals surface area contributed by atoms with E-state index in [2.05, 4.69) is 48.0 Å². The third-order valence-corrected chi connectivity index (χ3v) is 6.31. The fraction of sp³-hybridized carbons (Fsp3) is 0.409. The molecule has 0 radical (unpaired) electrons. The Morgan fingerprint density at radius 2 is 1.81 bits per heavy atom. The largest absolute Gasteiger partial charge is 0.341 e. The van der Waals surface area contributed by atoms with Crippen LogP contribution < -0.4 is 4.90 Å². The minimum Gasteiger partial charge on any atom is -0.341 e. The summed E-state index contributed by atoms with van der Waals surface area (Å²) in [6.07, 6.45) is 7.95. The van der Waals surface area contributed by atoms with Crippen LogP contribution >= 0.6 is 11.3 Å². The molecule has 0 unspecified atom stereocenters. The number of thiazole rings is 1.